The first kappa shape index (κ1) is 15.2. The van der Waals surface area contributed by atoms with Crippen molar-refractivity contribution in [1.82, 2.24) is 14.7 Å². The Morgan fingerprint density at radius 2 is 2.25 bits per heavy atom. The number of amides is 1. The molecule has 1 amide bonds. The van der Waals surface area contributed by atoms with E-state index in [1.807, 2.05) is 42.2 Å². The number of benzene rings is 1. The van der Waals surface area contributed by atoms with E-state index in [9.17, 15) is 4.79 Å². The van der Waals surface area contributed by atoms with Gasteiger partial charge in [-0.15, -0.1) is 0 Å². The average molecular weight is 325 g/mol. The normalized spacial score (nSPS) is 23.0. The summed E-state index contributed by atoms with van der Waals surface area (Å²) < 4.78 is 7.77. The number of fused-ring (bicyclic) bond motifs is 1. The maximum atomic E-state index is 13.0. The second-order valence-corrected chi connectivity index (χ2v) is 6.89. The first-order chi connectivity index (χ1) is 11.7. The molecular formula is C19H23N3O2. The molecule has 5 heteroatoms. The number of hydrogen-bond acceptors (Lipinski definition) is 3. The number of likely N-dealkylation sites (tertiary alicyclic amines) is 1. The molecule has 0 bridgehead atoms. The van der Waals surface area contributed by atoms with E-state index in [0.29, 0.717) is 6.61 Å². The van der Waals surface area contributed by atoms with Crippen molar-refractivity contribution in [3.8, 4) is 5.75 Å². The molecule has 1 fully saturated rings. The molecule has 2 unspecified atom stereocenters. The maximum absolute atomic E-state index is 13.0. The van der Waals surface area contributed by atoms with Crippen molar-refractivity contribution in [2.24, 2.45) is 5.92 Å². The standard InChI is InChI=1S/C19H23N3O2/c1-14-10-20-21(11-14)12-17-6-4-8-22(17)19(23)16-9-15-5-2-3-7-18(15)24-13-16/h2-3,5,7,10-11,16-17H,4,6,8-9,12-13H2,1H3. The van der Waals surface area contributed by atoms with Crippen LogP contribution >= 0.6 is 0 Å². The summed E-state index contributed by atoms with van der Waals surface area (Å²) in [5, 5.41) is 4.37. The maximum Gasteiger partial charge on any atom is 0.229 e. The Morgan fingerprint density at radius 1 is 1.38 bits per heavy atom. The molecule has 0 aliphatic carbocycles. The van der Waals surface area contributed by atoms with Crippen LogP contribution in [-0.4, -0.2) is 39.8 Å². The van der Waals surface area contributed by atoms with Crippen molar-refractivity contribution in [3.63, 3.8) is 0 Å². The lowest BCUT2D eigenvalue weighted by Crippen LogP contribution is -2.44. The zero-order valence-electron chi connectivity index (χ0n) is 14.0. The summed E-state index contributed by atoms with van der Waals surface area (Å²) in [7, 11) is 0. The van der Waals surface area contributed by atoms with Crippen LogP contribution in [0.25, 0.3) is 0 Å². The van der Waals surface area contributed by atoms with Gasteiger partial charge in [0.05, 0.1) is 24.7 Å². The predicted molar refractivity (Wildman–Crippen MR) is 90.8 cm³/mol. The third kappa shape index (κ3) is 2.90. The third-order valence-corrected chi connectivity index (χ3v) is 5.05. The van der Waals surface area contributed by atoms with Crippen LogP contribution in [-0.2, 0) is 17.8 Å². The van der Waals surface area contributed by atoms with Gasteiger partial charge in [0.1, 0.15) is 12.4 Å². The van der Waals surface area contributed by atoms with E-state index in [1.54, 1.807) is 0 Å². The molecule has 4 rings (SSSR count). The summed E-state index contributed by atoms with van der Waals surface area (Å²) in [6, 6.07) is 8.27. The molecule has 1 aromatic carbocycles. The van der Waals surface area contributed by atoms with Crippen molar-refractivity contribution < 1.29 is 9.53 Å². The quantitative estimate of drug-likeness (QED) is 0.871. The van der Waals surface area contributed by atoms with Gasteiger partial charge < -0.3 is 9.64 Å². The summed E-state index contributed by atoms with van der Waals surface area (Å²) in [6.45, 7) is 4.16. The second-order valence-electron chi connectivity index (χ2n) is 6.89. The lowest BCUT2D eigenvalue weighted by Gasteiger charge is -2.31. The fourth-order valence-electron chi connectivity index (χ4n) is 3.82. The van der Waals surface area contributed by atoms with Gasteiger partial charge in [-0.2, -0.15) is 5.10 Å². The van der Waals surface area contributed by atoms with Gasteiger partial charge in [0.2, 0.25) is 5.91 Å². The molecule has 1 saturated heterocycles. The number of aromatic nitrogens is 2. The van der Waals surface area contributed by atoms with Gasteiger partial charge in [-0.1, -0.05) is 18.2 Å². The monoisotopic (exact) mass is 325 g/mol. The summed E-state index contributed by atoms with van der Waals surface area (Å²) in [5.41, 5.74) is 2.30. The molecule has 2 aliphatic heterocycles. The van der Waals surface area contributed by atoms with Crippen LogP contribution in [0.4, 0.5) is 0 Å². The van der Waals surface area contributed by atoms with Crippen molar-refractivity contribution in [2.45, 2.75) is 38.8 Å². The zero-order valence-corrected chi connectivity index (χ0v) is 14.0. The van der Waals surface area contributed by atoms with Gasteiger partial charge >= 0.3 is 0 Å². The highest BCUT2D eigenvalue weighted by molar-refractivity contribution is 5.80. The highest BCUT2D eigenvalue weighted by atomic mass is 16.5. The number of hydrogen-bond donors (Lipinski definition) is 0. The predicted octanol–water partition coefficient (Wildman–Crippen LogP) is 2.43. The molecule has 2 aromatic rings. The van der Waals surface area contributed by atoms with Crippen LogP contribution in [0.3, 0.4) is 0 Å². The molecule has 5 nitrogen and oxygen atoms in total. The smallest absolute Gasteiger partial charge is 0.229 e. The summed E-state index contributed by atoms with van der Waals surface area (Å²) in [6.07, 6.45) is 6.81. The van der Waals surface area contributed by atoms with E-state index >= 15 is 0 Å². The zero-order chi connectivity index (χ0) is 16.5. The Bertz CT molecular complexity index is 740. The summed E-state index contributed by atoms with van der Waals surface area (Å²) in [5.74, 6) is 1.09. The molecule has 126 valence electrons. The van der Waals surface area contributed by atoms with Crippen LogP contribution in [0, 0.1) is 12.8 Å². The van der Waals surface area contributed by atoms with E-state index < -0.39 is 0 Å². The van der Waals surface area contributed by atoms with Crippen LogP contribution in [0.15, 0.2) is 36.7 Å². The number of ether oxygens (including phenoxy) is 1. The van der Waals surface area contributed by atoms with Crippen LogP contribution < -0.4 is 4.74 Å². The molecule has 0 saturated carbocycles. The van der Waals surface area contributed by atoms with E-state index in [1.165, 1.54) is 0 Å². The average Bonchev–Trinajstić information content (AvgIpc) is 3.23. The minimum atomic E-state index is -0.0696. The van der Waals surface area contributed by atoms with E-state index in [2.05, 4.69) is 16.1 Å². The number of carbonyl (C=O) groups is 1. The van der Waals surface area contributed by atoms with Gasteiger partial charge in [0, 0.05) is 12.7 Å². The summed E-state index contributed by atoms with van der Waals surface area (Å²) in [4.78, 5) is 15.1. The first-order valence-corrected chi connectivity index (χ1v) is 8.71. The van der Waals surface area contributed by atoms with E-state index in [4.69, 9.17) is 4.74 Å². The molecular weight excluding hydrogens is 302 g/mol. The van der Waals surface area contributed by atoms with E-state index in [0.717, 1.165) is 49.2 Å². The van der Waals surface area contributed by atoms with Crippen LogP contribution in [0.2, 0.25) is 0 Å². The SMILES string of the molecule is Cc1cnn(CC2CCCN2C(=O)C2COc3ccccc3C2)c1. The highest BCUT2D eigenvalue weighted by Gasteiger charge is 2.35. The number of para-hydroxylation sites is 1. The fraction of sp³-hybridized carbons (Fsp3) is 0.474. The van der Waals surface area contributed by atoms with Gasteiger partial charge in [0.25, 0.3) is 0 Å². The van der Waals surface area contributed by atoms with E-state index in [-0.39, 0.29) is 17.9 Å². The number of nitrogens with zero attached hydrogens (tertiary/aromatic N) is 3. The Hall–Kier alpha value is -2.30. The molecule has 0 spiro atoms. The minimum Gasteiger partial charge on any atom is -0.492 e. The first-order valence-electron chi connectivity index (χ1n) is 8.71. The number of aryl methyl sites for hydroxylation is 1. The molecule has 2 aliphatic rings. The topological polar surface area (TPSA) is 47.4 Å². The Balaban J connectivity index is 1.45. The Morgan fingerprint density at radius 3 is 3.08 bits per heavy atom. The van der Waals surface area contributed by atoms with Crippen molar-refractivity contribution in [3.05, 3.63) is 47.8 Å². The molecule has 0 radical (unpaired) electrons. The van der Waals surface area contributed by atoms with Gasteiger partial charge in [0.15, 0.2) is 0 Å². The highest BCUT2D eigenvalue weighted by Crippen LogP contribution is 2.29. The second kappa shape index (κ2) is 6.30. The molecule has 24 heavy (non-hydrogen) atoms. The van der Waals surface area contributed by atoms with Crippen molar-refractivity contribution in [2.75, 3.05) is 13.2 Å². The van der Waals surface area contributed by atoms with Crippen molar-refractivity contribution in [1.29, 1.82) is 0 Å². The lowest BCUT2D eigenvalue weighted by molar-refractivity contribution is -0.138. The van der Waals surface area contributed by atoms with Gasteiger partial charge in [-0.3, -0.25) is 9.48 Å². The van der Waals surface area contributed by atoms with Crippen LogP contribution in [0.5, 0.6) is 5.75 Å². The molecule has 0 N–H and O–H groups in total. The number of carbonyl (C=O) groups excluding carboxylic acids is 1. The third-order valence-electron chi connectivity index (χ3n) is 5.05. The van der Waals surface area contributed by atoms with Gasteiger partial charge in [-0.25, -0.2) is 0 Å². The Labute approximate surface area is 142 Å². The molecule has 1 aromatic heterocycles. The fourth-order valence-corrected chi connectivity index (χ4v) is 3.82. The Kier molecular flexibility index (Phi) is 4.00. The van der Waals surface area contributed by atoms with Crippen LogP contribution in [0.1, 0.15) is 24.0 Å². The van der Waals surface area contributed by atoms with Crippen molar-refractivity contribution >= 4 is 5.91 Å². The number of rotatable bonds is 3. The molecule has 2 atom stereocenters. The van der Waals surface area contributed by atoms with Gasteiger partial charge in [-0.05, 0) is 43.4 Å². The lowest BCUT2D eigenvalue weighted by atomic mass is 9.95. The molecule has 3 heterocycles. The minimum absolute atomic E-state index is 0.0696. The summed E-state index contributed by atoms with van der Waals surface area (Å²) >= 11 is 0. The largest absolute Gasteiger partial charge is 0.492 e.